The molecule has 1 aromatic heterocycles. The largest absolute Gasteiger partial charge is 0.312 e. The lowest BCUT2D eigenvalue weighted by molar-refractivity contribution is 0.911. The molecule has 5 heteroatoms. The maximum Gasteiger partial charge on any atom is 0.266 e. The third kappa shape index (κ3) is 2.24. The van der Waals surface area contributed by atoms with E-state index in [1.165, 1.54) is 42.1 Å². The number of aryl methyl sites for hydroxylation is 2. The van der Waals surface area contributed by atoms with Gasteiger partial charge in [0.2, 0.25) is 0 Å². The molecule has 0 saturated carbocycles. The van der Waals surface area contributed by atoms with E-state index in [4.69, 9.17) is 0 Å². The number of benzene rings is 1. The van der Waals surface area contributed by atoms with Crippen LogP contribution in [0.2, 0.25) is 0 Å². The monoisotopic (exact) mass is 322 g/mol. The number of nitrogens with zero attached hydrogens (tertiary/aromatic N) is 1. The molecule has 0 amide bonds. The van der Waals surface area contributed by atoms with Gasteiger partial charge in [0.05, 0.1) is 6.33 Å². The Balaban J connectivity index is 1.93. The Bertz CT molecular complexity index is 654. The lowest BCUT2D eigenvalue weighted by atomic mass is 10.1. The zero-order valence-electron chi connectivity index (χ0n) is 9.57. The van der Waals surface area contributed by atoms with Crippen LogP contribution >= 0.6 is 27.7 Å². The lowest BCUT2D eigenvalue weighted by Gasteiger charge is -2.05. The summed E-state index contributed by atoms with van der Waals surface area (Å²) in [6.45, 7) is 0. The first-order valence-electron chi connectivity index (χ1n) is 5.77. The van der Waals surface area contributed by atoms with Gasteiger partial charge >= 0.3 is 0 Å². The molecule has 1 N–H and O–H groups in total. The molecule has 92 valence electrons. The molecule has 0 fully saturated rings. The molecule has 3 rings (SSSR count). The van der Waals surface area contributed by atoms with Gasteiger partial charge in [-0.05, 0) is 58.5 Å². The van der Waals surface area contributed by atoms with Crippen LogP contribution in [0.15, 0.2) is 43.7 Å². The topological polar surface area (TPSA) is 45.8 Å². The molecule has 3 nitrogen and oxygen atoms in total. The quantitative estimate of drug-likeness (QED) is 0.864. The molecule has 0 radical (unpaired) electrons. The van der Waals surface area contributed by atoms with Gasteiger partial charge in [-0.1, -0.05) is 17.8 Å². The van der Waals surface area contributed by atoms with Crippen LogP contribution in [-0.2, 0) is 12.8 Å². The fraction of sp³-hybridized carbons (Fsp3) is 0.231. The minimum absolute atomic E-state index is 0.145. The second kappa shape index (κ2) is 4.90. The summed E-state index contributed by atoms with van der Waals surface area (Å²) in [5.74, 6) is 0. The molecular formula is C13H11BrN2OS. The number of H-pyrrole nitrogens is 1. The SMILES string of the molecule is O=c1[nH]cnc(Sc2ccc3c(c2)CCC3)c1Br. The van der Waals surface area contributed by atoms with E-state index in [0.29, 0.717) is 9.50 Å². The third-order valence-electron chi connectivity index (χ3n) is 3.05. The van der Waals surface area contributed by atoms with E-state index in [-0.39, 0.29) is 5.56 Å². The van der Waals surface area contributed by atoms with E-state index in [9.17, 15) is 4.79 Å². The molecule has 1 aliphatic rings. The van der Waals surface area contributed by atoms with Gasteiger partial charge < -0.3 is 4.98 Å². The maximum absolute atomic E-state index is 11.5. The Kier molecular flexibility index (Phi) is 3.26. The van der Waals surface area contributed by atoms with Crippen molar-refractivity contribution >= 4 is 27.7 Å². The fourth-order valence-electron chi connectivity index (χ4n) is 2.16. The Morgan fingerprint density at radius 3 is 3.00 bits per heavy atom. The normalized spacial score (nSPS) is 13.6. The van der Waals surface area contributed by atoms with Crippen LogP contribution in [-0.4, -0.2) is 9.97 Å². The van der Waals surface area contributed by atoms with Gasteiger partial charge in [0.1, 0.15) is 9.50 Å². The second-order valence-corrected chi connectivity index (χ2v) is 6.09. The van der Waals surface area contributed by atoms with Crippen molar-refractivity contribution in [3.8, 4) is 0 Å². The minimum atomic E-state index is -0.145. The number of rotatable bonds is 2. The first-order valence-corrected chi connectivity index (χ1v) is 7.38. The highest BCUT2D eigenvalue weighted by Gasteiger charge is 2.13. The summed E-state index contributed by atoms with van der Waals surface area (Å²) < 4.78 is 0.496. The maximum atomic E-state index is 11.5. The number of nitrogens with one attached hydrogen (secondary N) is 1. The summed E-state index contributed by atoms with van der Waals surface area (Å²) in [6, 6.07) is 6.50. The smallest absolute Gasteiger partial charge is 0.266 e. The number of aromatic nitrogens is 2. The average molecular weight is 323 g/mol. The molecule has 1 heterocycles. The predicted octanol–water partition coefficient (Wildman–Crippen LogP) is 3.17. The van der Waals surface area contributed by atoms with Crippen molar-refractivity contribution in [3.63, 3.8) is 0 Å². The van der Waals surface area contributed by atoms with E-state index in [1.807, 2.05) is 0 Å². The zero-order chi connectivity index (χ0) is 12.5. The van der Waals surface area contributed by atoms with Crippen molar-refractivity contribution in [1.29, 1.82) is 0 Å². The molecule has 2 aromatic rings. The van der Waals surface area contributed by atoms with Crippen LogP contribution in [0, 0.1) is 0 Å². The molecule has 18 heavy (non-hydrogen) atoms. The molecule has 0 unspecified atom stereocenters. The number of halogens is 1. The molecule has 1 aliphatic carbocycles. The minimum Gasteiger partial charge on any atom is -0.312 e. The van der Waals surface area contributed by atoms with Gasteiger partial charge in [0.25, 0.3) is 5.56 Å². The molecule has 1 aromatic carbocycles. The lowest BCUT2D eigenvalue weighted by Crippen LogP contribution is -2.07. The number of aromatic amines is 1. The van der Waals surface area contributed by atoms with E-state index in [2.05, 4.69) is 44.1 Å². The highest BCUT2D eigenvalue weighted by Crippen LogP contribution is 2.32. The van der Waals surface area contributed by atoms with E-state index >= 15 is 0 Å². The van der Waals surface area contributed by atoms with Gasteiger partial charge in [-0.2, -0.15) is 0 Å². The van der Waals surface area contributed by atoms with Crippen molar-refractivity contribution in [2.45, 2.75) is 29.2 Å². The highest BCUT2D eigenvalue weighted by molar-refractivity contribution is 9.10. The molecule has 0 atom stereocenters. The molecular weight excluding hydrogens is 312 g/mol. The van der Waals surface area contributed by atoms with Gasteiger partial charge in [-0.15, -0.1) is 0 Å². The van der Waals surface area contributed by atoms with Crippen molar-refractivity contribution in [3.05, 3.63) is 50.5 Å². The van der Waals surface area contributed by atoms with E-state index < -0.39 is 0 Å². The van der Waals surface area contributed by atoms with Gasteiger partial charge in [0, 0.05) is 4.90 Å². The Hall–Kier alpha value is -1.07. The molecule has 0 aliphatic heterocycles. The Labute approximate surface area is 117 Å². The van der Waals surface area contributed by atoms with Crippen LogP contribution in [0.4, 0.5) is 0 Å². The zero-order valence-corrected chi connectivity index (χ0v) is 12.0. The van der Waals surface area contributed by atoms with Crippen molar-refractivity contribution in [1.82, 2.24) is 9.97 Å². The number of hydrogen-bond acceptors (Lipinski definition) is 3. The van der Waals surface area contributed by atoms with Crippen molar-refractivity contribution < 1.29 is 0 Å². The van der Waals surface area contributed by atoms with Gasteiger partial charge in [-0.3, -0.25) is 4.79 Å². The molecule has 0 bridgehead atoms. The highest BCUT2D eigenvalue weighted by atomic mass is 79.9. The Morgan fingerprint density at radius 2 is 2.11 bits per heavy atom. The second-order valence-electron chi connectivity index (χ2n) is 4.24. The first kappa shape index (κ1) is 12.0. The van der Waals surface area contributed by atoms with Crippen LogP contribution in [0.25, 0.3) is 0 Å². The number of hydrogen-bond donors (Lipinski definition) is 1. The van der Waals surface area contributed by atoms with Crippen molar-refractivity contribution in [2.75, 3.05) is 0 Å². The fourth-order valence-corrected chi connectivity index (χ4v) is 3.47. The van der Waals surface area contributed by atoms with Gasteiger partial charge in [-0.25, -0.2) is 4.98 Å². The summed E-state index contributed by atoms with van der Waals surface area (Å²) in [5.41, 5.74) is 2.74. The third-order valence-corrected chi connectivity index (χ3v) is 5.04. The standard InChI is InChI=1S/C13H11BrN2OS/c14-11-12(17)15-7-16-13(11)18-10-5-4-8-2-1-3-9(8)6-10/h4-7H,1-3H2,(H,15,16,17). The van der Waals surface area contributed by atoms with E-state index in [0.717, 1.165) is 11.3 Å². The van der Waals surface area contributed by atoms with Crippen LogP contribution < -0.4 is 5.56 Å². The summed E-state index contributed by atoms with van der Waals surface area (Å²) in [6.07, 6.45) is 5.03. The Morgan fingerprint density at radius 1 is 1.28 bits per heavy atom. The molecule has 0 saturated heterocycles. The van der Waals surface area contributed by atoms with Crippen LogP contribution in [0.1, 0.15) is 17.5 Å². The van der Waals surface area contributed by atoms with Crippen molar-refractivity contribution in [2.24, 2.45) is 0 Å². The number of fused-ring (bicyclic) bond motifs is 1. The summed E-state index contributed by atoms with van der Waals surface area (Å²) in [7, 11) is 0. The predicted molar refractivity (Wildman–Crippen MR) is 75.1 cm³/mol. The van der Waals surface area contributed by atoms with E-state index in [1.54, 1.807) is 0 Å². The average Bonchev–Trinajstić information content (AvgIpc) is 2.82. The van der Waals surface area contributed by atoms with Crippen LogP contribution in [0.5, 0.6) is 0 Å². The summed E-state index contributed by atoms with van der Waals surface area (Å²) in [5, 5.41) is 0.705. The molecule has 0 spiro atoms. The van der Waals surface area contributed by atoms with Gasteiger partial charge in [0.15, 0.2) is 0 Å². The summed E-state index contributed by atoms with van der Waals surface area (Å²) in [4.78, 5) is 19.3. The van der Waals surface area contributed by atoms with Crippen LogP contribution in [0.3, 0.4) is 0 Å². The first-order chi connectivity index (χ1) is 8.74. The summed E-state index contributed by atoms with van der Waals surface area (Å²) >= 11 is 4.79.